The number of nitrogens with one attached hydrogen (secondary N) is 3. The summed E-state index contributed by atoms with van der Waals surface area (Å²) in [4.78, 5) is 15.7. The van der Waals surface area contributed by atoms with Crippen LogP contribution < -0.4 is 25.1 Å². The van der Waals surface area contributed by atoms with Gasteiger partial charge in [0.25, 0.3) is 11.7 Å². The van der Waals surface area contributed by atoms with Crippen LogP contribution in [0.1, 0.15) is 33.5 Å². The lowest BCUT2D eigenvalue weighted by Crippen LogP contribution is -2.26. The summed E-state index contributed by atoms with van der Waals surface area (Å²) in [7, 11) is 3.09. The van der Waals surface area contributed by atoms with Crippen molar-refractivity contribution in [1.29, 1.82) is 5.26 Å². The Bertz CT molecular complexity index is 1150. The molecule has 2 aromatic carbocycles. The summed E-state index contributed by atoms with van der Waals surface area (Å²) in [5.41, 5.74) is 4.35. The molecule has 0 spiro atoms. The van der Waals surface area contributed by atoms with E-state index in [2.05, 4.69) is 33.8 Å². The van der Waals surface area contributed by atoms with Crippen LogP contribution in [-0.4, -0.2) is 33.2 Å². The maximum Gasteiger partial charge on any atom is 0.290 e. The normalized spacial score (nSPS) is 10.4. The van der Waals surface area contributed by atoms with Gasteiger partial charge in [-0.3, -0.25) is 10.1 Å². The van der Waals surface area contributed by atoms with Crippen LogP contribution in [0, 0.1) is 25.2 Å². The Hall–Kier alpha value is -3.79. The molecule has 3 rings (SSSR count). The number of carbonyl (C=O) groups is 1. The number of ether oxygens (including phenoxy) is 2. The summed E-state index contributed by atoms with van der Waals surface area (Å²) >= 11 is 0. The number of nitrogens with zero attached hydrogens (tertiary/aromatic N) is 1. The number of benzene rings is 2. The first-order chi connectivity index (χ1) is 15.0. The molecule has 0 aliphatic heterocycles. The summed E-state index contributed by atoms with van der Waals surface area (Å²) in [5.74, 6) is 1.60. The van der Waals surface area contributed by atoms with Gasteiger partial charge in [0.1, 0.15) is 17.1 Å². The van der Waals surface area contributed by atoms with Crippen LogP contribution in [0.4, 0.5) is 5.82 Å². The van der Waals surface area contributed by atoms with Gasteiger partial charge in [-0.2, -0.15) is 5.26 Å². The lowest BCUT2D eigenvalue weighted by molar-refractivity contribution is -0.327. The number of aromatic amines is 1. The van der Waals surface area contributed by atoms with Gasteiger partial charge in [0.2, 0.25) is 0 Å². The van der Waals surface area contributed by atoms with Gasteiger partial charge in [-0.15, -0.1) is 0 Å². The van der Waals surface area contributed by atoms with Crippen molar-refractivity contribution >= 4 is 22.6 Å². The molecule has 1 aromatic heterocycles. The molecule has 0 aliphatic carbocycles. The Labute approximate surface area is 182 Å². The molecule has 0 radical (unpaired) electrons. The number of nitriles is 1. The molecule has 0 saturated carbocycles. The zero-order valence-corrected chi connectivity index (χ0v) is 18.3. The first-order valence-electron chi connectivity index (χ1n) is 10.1. The fraction of sp³-hybridized carbons (Fsp3) is 0.292. The van der Waals surface area contributed by atoms with Crippen molar-refractivity contribution in [3.8, 4) is 17.6 Å². The minimum atomic E-state index is -0.179. The first-order valence-corrected chi connectivity index (χ1v) is 10.1. The summed E-state index contributed by atoms with van der Waals surface area (Å²) < 4.78 is 10.4. The molecule has 0 unspecified atom stereocenters. The van der Waals surface area contributed by atoms with E-state index < -0.39 is 0 Å². The molecule has 7 heteroatoms. The second-order valence-electron chi connectivity index (χ2n) is 7.32. The monoisotopic (exact) mass is 419 g/mol. The predicted molar refractivity (Wildman–Crippen MR) is 120 cm³/mol. The number of hydrogen-bond donors (Lipinski definition) is 2. The van der Waals surface area contributed by atoms with Crippen molar-refractivity contribution in [1.82, 2.24) is 5.32 Å². The molecule has 0 fully saturated rings. The number of carbonyl (C=O) groups excluding carboxylic acids is 1. The molecule has 3 N–H and O–H groups in total. The molecular formula is C24H27N4O3+. The highest BCUT2D eigenvalue weighted by Crippen LogP contribution is 2.27. The summed E-state index contributed by atoms with van der Waals surface area (Å²) in [5, 5.41) is 16.7. The smallest absolute Gasteiger partial charge is 0.290 e. The Kier molecular flexibility index (Phi) is 6.93. The topological polar surface area (TPSA) is 97.5 Å². The molecule has 1 amide bonds. The number of aryl methyl sites for hydroxylation is 2. The van der Waals surface area contributed by atoms with Gasteiger partial charge in [0.05, 0.1) is 20.8 Å². The minimum absolute atomic E-state index is 0.179. The zero-order chi connectivity index (χ0) is 22.4. The maximum atomic E-state index is 12.4. The average molecular weight is 420 g/mol. The second-order valence-corrected chi connectivity index (χ2v) is 7.32. The van der Waals surface area contributed by atoms with Crippen molar-refractivity contribution in [3.63, 3.8) is 0 Å². The third-order valence-corrected chi connectivity index (χ3v) is 5.06. The minimum Gasteiger partial charge on any atom is -0.493 e. The first kappa shape index (κ1) is 21.9. The van der Waals surface area contributed by atoms with E-state index in [1.54, 1.807) is 25.3 Å². The molecule has 31 heavy (non-hydrogen) atoms. The molecule has 0 atom stereocenters. The number of anilines is 1. The van der Waals surface area contributed by atoms with Crippen molar-refractivity contribution in [3.05, 3.63) is 58.7 Å². The standard InChI is InChI=1S/C24H26N4O3/c1-15-10-16(2)19-12-18(14-25)23(28-20(19)11-15)26-8-5-9-27-24(29)17-6-7-21(30-3)22(13-17)31-4/h6-7,10-13H,5,8-9H2,1-4H3,(H,26,28)(H,27,29)/p+1. The second kappa shape index (κ2) is 9.81. The Morgan fingerprint density at radius 2 is 1.84 bits per heavy atom. The number of fused-ring (bicyclic) bond motifs is 1. The van der Waals surface area contributed by atoms with Crippen LogP contribution in [-0.2, 0) is 0 Å². The van der Waals surface area contributed by atoms with Gasteiger partial charge >= 0.3 is 0 Å². The van der Waals surface area contributed by atoms with E-state index in [-0.39, 0.29) is 5.91 Å². The summed E-state index contributed by atoms with van der Waals surface area (Å²) in [6.45, 7) is 5.19. The highest BCUT2D eigenvalue weighted by atomic mass is 16.5. The third-order valence-electron chi connectivity index (χ3n) is 5.06. The summed E-state index contributed by atoms with van der Waals surface area (Å²) in [6, 6.07) is 13.4. The summed E-state index contributed by atoms with van der Waals surface area (Å²) in [6.07, 6.45) is 0.697. The van der Waals surface area contributed by atoms with Gasteiger partial charge in [-0.05, 0) is 55.3 Å². The SMILES string of the molecule is COc1ccc(C(=O)NCCCNc2[nH+]c3cc(C)cc(C)c3cc2C#N)cc1OC. The molecule has 0 saturated heterocycles. The number of rotatable bonds is 8. The molecule has 7 nitrogen and oxygen atoms in total. The van der Waals surface area contributed by atoms with Crippen LogP contribution in [0.2, 0.25) is 0 Å². The van der Waals surface area contributed by atoms with Crippen molar-refractivity contribution in [2.24, 2.45) is 0 Å². The molecule has 0 bridgehead atoms. The van der Waals surface area contributed by atoms with Crippen molar-refractivity contribution in [2.75, 3.05) is 32.6 Å². The van der Waals surface area contributed by atoms with Crippen LogP contribution in [0.25, 0.3) is 10.9 Å². The number of hydrogen-bond acceptors (Lipinski definition) is 5. The van der Waals surface area contributed by atoms with Crippen LogP contribution >= 0.6 is 0 Å². The van der Waals surface area contributed by atoms with E-state index in [4.69, 9.17) is 9.47 Å². The van der Waals surface area contributed by atoms with Crippen LogP contribution in [0.15, 0.2) is 36.4 Å². The van der Waals surface area contributed by atoms with E-state index in [1.807, 2.05) is 19.9 Å². The number of H-pyrrole nitrogens is 1. The van der Waals surface area contributed by atoms with E-state index in [1.165, 1.54) is 7.11 Å². The van der Waals surface area contributed by atoms with Gasteiger partial charge < -0.3 is 14.8 Å². The Morgan fingerprint density at radius 3 is 2.55 bits per heavy atom. The van der Waals surface area contributed by atoms with Gasteiger partial charge in [0.15, 0.2) is 11.5 Å². The van der Waals surface area contributed by atoms with Gasteiger partial charge in [0, 0.05) is 23.9 Å². The number of methoxy groups -OCH3 is 2. The molecule has 1 heterocycles. The average Bonchev–Trinajstić information content (AvgIpc) is 2.77. The van der Waals surface area contributed by atoms with E-state index in [0.29, 0.717) is 48.0 Å². The van der Waals surface area contributed by atoms with Crippen LogP contribution in [0.3, 0.4) is 0 Å². The van der Waals surface area contributed by atoms with E-state index in [9.17, 15) is 10.1 Å². The largest absolute Gasteiger partial charge is 0.493 e. The Balaban J connectivity index is 1.58. The number of amides is 1. The number of pyridine rings is 1. The highest BCUT2D eigenvalue weighted by Gasteiger charge is 2.14. The lowest BCUT2D eigenvalue weighted by Gasteiger charge is -2.10. The predicted octanol–water partition coefficient (Wildman–Crippen LogP) is 3.39. The highest BCUT2D eigenvalue weighted by molar-refractivity contribution is 5.94. The molecule has 0 aliphatic rings. The number of aromatic nitrogens is 1. The quantitative estimate of drug-likeness (QED) is 0.546. The molecule has 3 aromatic rings. The van der Waals surface area contributed by atoms with Gasteiger partial charge in [-0.25, -0.2) is 4.98 Å². The maximum absolute atomic E-state index is 12.4. The molecular weight excluding hydrogens is 392 g/mol. The van der Waals surface area contributed by atoms with Crippen molar-refractivity contribution < 1.29 is 19.3 Å². The van der Waals surface area contributed by atoms with Crippen molar-refractivity contribution in [2.45, 2.75) is 20.3 Å². The third kappa shape index (κ3) is 5.04. The molecule has 160 valence electrons. The zero-order valence-electron chi connectivity index (χ0n) is 18.3. The Morgan fingerprint density at radius 1 is 1.06 bits per heavy atom. The lowest BCUT2D eigenvalue weighted by atomic mass is 10.0. The fourth-order valence-electron chi connectivity index (χ4n) is 3.50. The van der Waals surface area contributed by atoms with Gasteiger partial charge in [-0.1, -0.05) is 6.07 Å². The van der Waals surface area contributed by atoms with E-state index >= 15 is 0 Å². The van der Waals surface area contributed by atoms with Crippen LogP contribution in [0.5, 0.6) is 11.5 Å². The van der Waals surface area contributed by atoms with E-state index in [0.717, 1.165) is 22.0 Å². The fourth-order valence-corrected chi connectivity index (χ4v) is 3.50.